The van der Waals surface area contributed by atoms with Crippen LogP contribution in [0.2, 0.25) is 0 Å². The predicted molar refractivity (Wildman–Crippen MR) is 96.6 cm³/mol. The molecule has 0 aromatic carbocycles. The van der Waals surface area contributed by atoms with Gasteiger partial charge in [-0.25, -0.2) is 4.79 Å². The topological polar surface area (TPSA) is 115 Å². The van der Waals surface area contributed by atoms with Crippen molar-refractivity contribution in [2.45, 2.75) is 63.8 Å². The molecule has 0 bridgehead atoms. The SMILES string of the molecule is C[C@]12C=CC(=O)C=C1CC[C@@H]1[C@@H]2C(O)C[C@@]2(C)[C@H]1CC[C@]2(O)[C@@H](O)C(=O)O. The van der Waals surface area contributed by atoms with E-state index in [1.165, 1.54) is 0 Å². The molecule has 3 saturated carbocycles. The van der Waals surface area contributed by atoms with Gasteiger partial charge in [-0.2, -0.15) is 0 Å². The second-order valence-electron chi connectivity index (χ2n) is 9.42. The second-order valence-corrected chi connectivity index (χ2v) is 9.42. The van der Waals surface area contributed by atoms with Crippen LogP contribution in [0.3, 0.4) is 0 Å². The Morgan fingerprint density at radius 1 is 1.30 bits per heavy atom. The number of allylic oxidation sites excluding steroid dienone is 4. The molecule has 0 radical (unpaired) electrons. The van der Waals surface area contributed by atoms with Gasteiger partial charge in [0.25, 0.3) is 0 Å². The molecule has 8 atom stereocenters. The Kier molecular flexibility index (Phi) is 4.01. The number of aliphatic carboxylic acids is 1. The zero-order valence-corrected chi connectivity index (χ0v) is 15.8. The van der Waals surface area contributed by atoms with Crippen LogP contribution < -0.4 is 0 Å². The summed E-state index contributed by atoms with van der Waals surface area (Å²) >= 11 is 0. The summed E-state index contributed by atoms with van der Waals surface area (Å²) in [5, 5.41) is 41.9. The third-order valence-electron chi connectivity index (χ3n) is 8.40. The van der Waals surface area contributed by atoms with Gasteiger partial charge >= 0.3 is 5.97 Å². The first-order valence-electron chi connectivity index (χ1n) is 9.80. The van der Waals surface area contributed by atoms with Crippen molar-refractivity contribution in [2.24, 2.45) is 28.6 Å². The van der Waals surface area contributed by atoms with E-state index in [2.05, 4.69) is 6.92 Å². The highest BCUT2D eigenvalue weighted by Crippen LogP contribution is 2.67. The molecule has 27 heavy (non-hydrogen) atoms. The van der Waals surface area contributed by atoms with Gasteiger partial charge in [-0.05, 0) is 56.1 Å². The third-order valence-corrected chi connectivity index (χ3v) is 8.40. The molecule has 4 rings (SSSR count). The van der Waals surface area contributed by atoms with E-state index in [1.54, 1.807) is 12.2 Å². The molecule has 6 heteroatoms. The molecular weight excluding hydrogens is 348 g/mol. The van der Waals surface area contributed by atoms with Gasteiger partial charge < -0.3 is 20.4 Å². The fourth-order valence-electron chi connectivity index (χ4n) is 7.02. The average Bonchev–Trinajstić information content (AvgIpc) is 2.86. The van der Waals surface area contributed by atoms with Gasteiger partial charge in [-0.3, -0.25) is 4.79 Å². The Bertz CT molecular complexity index is 756. The molecule has 0 amide bonds. The van der Waals surface area contributed by atoms with E-state index >= 15 is 0 Å². The normalized spacial score (nSPS) is 49.7. The summed E-state index contributed by atoms with van der Waals surface area (Å²) in [5.41, 5.74) is -1.95. The number of aliphatic hydroxyl groups excluding tert-OH is 2. The summed E-state index contributed by atoms with van der Waals surface area (Å²) in [6.45, 7) is 3.89. The number of fused-ring (bicyclic) bond motifs is 5. The quantitative estimate of drug-likeness (QED) is 0.580. The van der Waals surface area contributed by atoms with Gasteiger partial charge in [-0.15, -0.1) is 0 Å². The lowest BCUT2D eigenvalue weighted by Gasteiger charge is -2.60. The summed E-state index contributed by atoms with van der Waals surface area (Å²) in [7, 11) is 0. The molecule has 0 spiro atoms. The van der Waals surface area contributed by atoms with Crippen molar-refractivity contribution < 1.29 is 30.0 Å². The standard InChI is InChI=1S/C21H28O6/c1-19-7-5-12(22)9-11(19)3-4-13-14-6-8-21(27,17(24)18(25)26)20(14,2)10-15(23)16(13)19/h5,7,9,13-17,23-24,27H,3-4,6,8,10H2,1-2H3,(H,25,26)/t13-,14-,15?,16+,17-,19-,20-,21-/m0/s1. The number of hydrogen-bond acceptors (Lipinski definition) is 5. The van der Waals surface area contributed by atoms with Gasteiger partial charge in [-0.1, -0.05) is 25.5 Å². The Hall–Kier alpha value is -1.50. The molecule has 4 N–H and O–H groups in total. The fourth-order valence-corrected chi connectivity index (χ4v) is 7.02. The summed E-state index contributed by atoms with van der Waals surface area (Å²) < 4.78 is 0. The molecule has 0 aromatic heterocycles. The number of carboxylic acids is 1. The number of carbonyl (C=O) groups excluding carboxylic acids is 1. The van der Waals surface area contributed by atoms with Crippen molar-refractivity contribution in [3.63, 3.8) is 0 Å². The van der Waals surface area contributed by atoms with Gasteiger partial charge in [0.15, 0.2) is 11.9 Å². The maximum atomic E-state index is 11.8. The molecule has 4 aliphatic rings. The Balaban J connectivity index is 1.74. The molecule has 0 aromatic rings. The molecule has 148 valence electrons. The first-order chi connectivity index (χ1) is 12.5. The van der Waals surface area contributed by atoms with E-state index in [1.807, 2.05) is 13.0 Å². The fraction of sp³-hybridized carbons (Fsp3) is 0.714. The van der Waals surface area contributed by atoms with E-state index in [0.717, 1.165) is 18.4 Å². The lowest BCUT2D eigenvalue weighted by Crippen LogP contribution is -2.63. The van der Waals surface area contributed by atoms with Crippen LogP contribution >= 0.6 is 0 Å². The Morgan fingerprint density at radius 3 is 2.67 bits per heavy atom. The van der Waals surface area contributed by atoms with Gasteiger partial charge in [0, 0.05) is 16.7 Å². The van der Waals surface area contributed by atoms with Gasteiger partial charge in [0.2, 0.25) is 0 Å². The van der Waals surface area contributed by atoms with Crippen LogP contribution in [0.5, 0.6) is 0 Å². The maximum absolute atomic E-state index is 11.8. The van der Waals surface area contributed by atoms with Crippen LogP contribution in [0, 0.1) is 28.6 Å². The zero-order valence-electron chi connectivity index (χ0n) is 15.8. The number of ketones is 1. The average molecular weight is 376 g/mol. The van der Waals surface area contributed by atoms with Crippen LogP contribution in [-0.2, 0) is 9.59 Å². The van der Waals surface area contributed by atoms with E-state index in [4.69, 9.17) is 0 Å². The predicted octanol–water partition coefficient (Wildman–Crippen LogP) is 1.44. The van der Waals surface area contributed by atoms with E-state index in [0.29, 0.717) is 6.42 Å². The minimum absolute atomic E-state index is 0.0177. The molecule has 0 aliphatic heterocycles. The largest absolute Gasteiger partial charge is 0.479 e. The highest BCUT2D eigenvalue weighted by Gasteiger charge is 2.68. The van der Waals surface area contributed by atoms with Crippen molar-refractivity contribution >= 4 is 11.8 Å². The van der Waals surface area contributed by atoms with E-state index < -0.39 is 34.6 Å². The first kappa shape index (κ1) is 18.8. The molecule has 0 heterocycles. The first-order valence-corrected chi connectivity index (χ1v) is 9.80. The monoisotopic (exact) mass is 376 g/mol. The molecule has 0 saturated heterocycles. The van der Waals surface area contributed by atoms with Crippen molar-refractivity contribution in [1.29, 1.82) is 0 Å². The van der Waals surface area contributed by atoms with Crippen molar-refractivity contribution in [2.75, 3.05) is 0 Å². The summed E-state index contributed by atoms with van der Waals surface area (Å²) in [5.74, 6) is -1.39. The highest BCUT2D eigenvalue weighted by molar-refractivity contribution is 6.01. The molecule has 6 nitrogen and oxygen atoms in total. The molecule has 1 unspecified atom stereocenters. The summed E-state index contributed by atoms with van der Waals surface area (Å²) in [6.07, 6.45) is 5.21. The van der Waals surface area contributed by atoms with Crippen molar-refractivity contribution in [3.05, 3.63) is 23.8 Å². The minimum atomic E-state index is -1.86. The lowest BCUT2D eigenvalue weighted by atomic mass is 9.46. The van der Waals surface area contributed by atoms with Crippen LogP contribution in [0.15, 0.2) is 23.8 Å². The van der Waals surface area contributed by atoms with E-state index in [9.17, 15) is 30.0 Å². The third kappa shape index (κ3) is 2.30. The van der Waals surface area contributed by atoms with Crippen molar-refractivity contribution in [1.82, 2.24) is 0 Å². The van der Waals surface area contributed by atoms with Gasteiger partial charge in [0.05, 0.1) is 6.10 Å². The molecule has 4 aliphatic carbocycles. The van der Waals surface area contributed by atoms with Crippen molar-refractivity contribution in [3.8, 4) is 0 Å². The number of aliphatic hydroxyl groups is 3. The lowest BCUT2D eigenvalue weighted by molar-refractivity contribution is -0.207. The van der Waals surface area contributed by atoms with Crippen LogP contribution in [0.25, 0.3) is 0 Å². The maximum Gasteiger partial charge on any atom is 0.335 e. The number of carbonyl (C=O) groups is 2. The Morgan fingerprint density at radius 2 is 2.00 bits per heavy atom. The minimum Gasteiger partial charge on any atom is -0.479 e. The number of hydrogen-bond donors (Lipinski definition) is 4. The second kappa shape index (κ2) is 5.75. The summed E-state index contributed by atoms with van der Waals surface area (Å²) in [4.78, 5) is 23.2. The van der Waals surface area contributed by atoms with Gasteiger partial charge in [0.1, 0.15) is 5.60 Å². The smallest absolute Gasteiger partial charge is 0.335 e. The van der Waals surface area contributed by atoms with Crippen LogP contribution in [-0.4, -0.2) is 50.0 Å². The van der Waals surface area contributed by atoms with Crippen LogP contribution in [0.4, 0.5) is 0 Å². The van der Waals surface area contributed by atoms with Crippen LogP contribution in [0.1, 0.15) is 46.0 Å². The van der Waals surface area contributed by atoms with E-state index in [-0.39, 0.29) is 36.4 Å². The molecule has 3 fully saturated rings. The number of rotatable bonds is 2. The Labute approximate surface area is 158 Å². The number of carboxylic acid groups (broad SMARTS) is 1. The molecular formula is C21H28O6. The highest BCUT2D eigenvalue weighted by atomic mass is 16.4. The summed E-state index contributed by atoms with van der Waals surface area (Å²) in [6, 6.07) is 0. The zero-order chi connectivity index (χ0) is 19.8.